The summed E-state index contributed by atoms with van der Waals surface area (Å²) in [5.74, 6) is 0.463. The SMILES string of the molecule is CC1SCN(C(=O)[C@@H](O)[C@@]2(N)C[C@H]2c2ccccc2)CC(=O)N1[C@H]1CCOc2ccccc21. The third-order valence-electron chi connectivity index (χ3n) is 7.04. The van der Waals surface area contributed by atoms with Crippen LogP contribution < -0.4 is 10.5 Å². The highest BCUT2D eigenvalue weighted by Gasteiger charge is 2.59. The van der Waals surface area contributed by atoms with E-state index in [4.69, 9.17) is 10.5 Å². The van der Waals surface area contributed by atoms with Gasteiger partial charge < -0.3 is 25.4 Å². The van der Waals surface area contributed by atoms with Gasteiger partial charge in [-0.2, -0.15) is 0 Å². The van der Waals surface area contributed by atoms with E-state index < -0.39 is 17.6 Å². The fourth-order valence-electron chi connectivity index (χ4n) is 5.07. The highest BCUT2D eigenvalue weighted by Crippen LogP contribution is 2.52. The van der Waals surface area contributed by atoms with Gasteiger partial charge in [0.1, 0.15) is 12.3 Å². The van der Waals surface area contributed by atoms with Crippen LogP contribution in [0.25, 0.3) is 0 Å². The lowest BCUT2D eigenvalue weighted by atomic mass is 9.98. The molecule has 2 heterocycles. The van der Waals surface area contributed by atoms with Crippen LogP contribution in [0.3, 0.4) is 0 Å². The second-order valence-corrected chi connectivity index (χ2v) is 10.4. The summed E-state index contributed by atoms with van der Waals surface area (Å²) >= 11 is 1.52. The lowest BCUT2D eigenvalue weighted by Crippen LogP contribution is -2.52. The van der Waals surface area contributed by atoms with Gasteiger partial charge in [-0.05, 0) is 25.0 Å². The van der Waals surface area contributed by atoms with Gasteiger partial charge in [0.05, 0.1) is 29.4 Å². The lowest BCUT2D eigenvalue weighted by molar-refractivity contribution is -0.146. The molecule has 2 fully saturated rings. The monoisotopic (exact) mass is 467 g/mol. The zero-order valence-electron chi connectivity index (χ0n) is 18.6. The van der Waals surface area contributed by atoms with Crippen molar-refractivity contribution in [3.8, 4) is 5.75 Å². The zero-order valence-corrected chi connectivity index (χ0v) is 19.4. The number of amides is 2. The highest BCUT2D eigenvalue weighted by molar-refractivity contribution is 7.99. The van der Waals surface area contributed by atoms with E-state index in [1.54, 1.807) is 0 Å². The van der Waals surface area contributed by atoms with Gasteiger partial charge in [-0.25, -0.2) is 0 Å². The molecule has 2 amide bonds. The molecule has 1 aliphatic carbocycles. The van der Waals surface area contributed by atoms with Gasteiger partial charge in [0.25, 0.3) is 5.91 Å². The van der Waals surface area contributed by atoms with E-state index in [-0.39, 0.29) is 29.8 Å². The molecule has 7 nitrogen and oxygen atoms in total. The fraction of sp³-hybridized carbons (Fsp3) is 0.440. The van der Waals surface area contributed by atoms with Crippen LogP contribution in [0.1, 0.15) is 42.9 Å². The first kappa shape index (κ1) is 22.3. The smallest absolute Gasteiger partial charge is 0.254 e. The van der Waals surface area contributed by atoms with Crippen molar-refractivity contribution in [3.05, 3.63) is 65.7 Å². The number of aliphatic hydroxyl groups excluding tert-OH is 1. The van der Waals surface area contributed by atoms with Crippen molar-refractivity contribution in [3.63, 3.8) is 0 Å². The standard InChI is InChI=1S/C25H29N3O4S/c1-16-28(20-11-12-32-21-10-6-5-9-18(20)21)22(29)14-27(15-33-16)24(31)23(30)25(26)13-19(25)17-7-3-2-4-8-17/h2-10,16,19-20,23,30H,11-15,26H2,1H3/t16?,19-,20-,23+,25+/m0/s1. The Morgan fingerprint density at radius 2 is 1.94 bits per heavy atom. The molecule has 3 N–H and O–H groups in total. The Labute approximate surface area is 197 Å². The van der Waals surface area contributed by atoms with Crippen molar-refractivity contribution in [2.24, 2.45) is 5.73 Å². The summed E-state index contributed by atoms with van der Waals surface area (Å²) in [4.78, 5) is 29.9. The number of carbonyl (C=O) groups excluding carboxylic acids is 2. The maximum atomic E-state index is 13.4. The third-order valence-corrected chi connectivity index (χ3v) is 8.21. The fourth-order valence-corrected chi connectivity index (χ4v) is 6.10. The number of benzene rings is 2. The van der Waals surface area contributed by atoms with Gasteiger partial charge in [0.15, 0.2) is 6.10 Å². The van der Waals surface area contributed by atoms with E-state index in [1.165, 1.54) is 16.7 Å². The maximum absolute atomic E-state index is 13.4. The molecule has 0 aromatic heterocycles. The number of nitrogens with zero attached hydrogens (tertiary/aromatic N) is 2. The van der Waals surface area contributed by atoms with Crippen molar-refractivity contribution in [2.45, 2.75) is 48.7 Å². The number of fused-ring (bicyclic) bond motifs is 1. The molecule has 3 aliphatic rings. The number of rotatable bonds is 4. The molecule has 174 valence electrons. The summed E-state index contributed by atoms with van der Waals surface area (Å²) < 4.78 is 5.77. The van der Waals surface area contributed by atoms with Crippen molar-refractivity contribution in [1.82, 2.24) is 9.80 Å². The summed E-state index contributed by atoms with van der Waals surface area (Å²) in [6.07, 6.45) is -0.100. The van der Waals surface area contributed by atoms with Gasteiger partial charge in [0.2, 0.25) is 5.91 Å². The molecule has 5 atom stereocenters. The van der Waals surface area contributed by atoms with Crippen LogP contribution in [0.5, 0.6) is 5.75 Å². The zero-order chi connectivity index (χ0) is 23.2. The summed E-state index contributed by atoms with van der Waals surface area (Å²) in [5, 5.41) is 10.8. The van der Waals surface area contributed by atoms with Crippen molar-refractivity contribution in [1.29, 1.82) is 0 Å². The van der Waals surface area contributed by atoms with Crippen LogP contribution in [0.4, 0.5) is 0 Å². The first-order chi connectivity index (χ1) is 15.9. The Kier molecular flexibility index (Phi) is 5.84. The average Bonchev–Trinajstić information content (AvgIpc) is 3.56. The van der Waals surface area contributed by atoms with Crippen molar-refractivity contribution >= 4 is 23.6 Å². The van der Waals surface area contributed by atoms with Gasteiger partial charge >= 0.3 is 0 Å². The van der Waals surface area contributed by atoms with Gasteiger partial charge in [-0.1, -0.05) is 48.5 Å². The molecule has 1 saturated carbocycles. The number of hydrogen-bond donors (Lipinski definition) is 2. The van der Waals surface area contributed by atoms with Crippen LogP contribution in [-0.4, -0.2) is 62.8 Å². The molecule has 33 heavy (non-hydrogen) atoms. The molecule has 0 radical (unpaired) electrons. The number of aliphatic hydroxyl groups is 1. The first-order valence-corrected chi connectivity index (χ1v) is 12.4. The molecule has 1 saturated heterocycles. The molecule has 8 heteroatoms. The summed E-state index contributed by atoms with van der Waals surface area (Å²) in [5.41, 5.74) is 7.48. The molecule has 2 aliphatic heterocycles. The number of para-hydroxylation sites is 1. The summed E-state index contributed by atoms with van der Waals surface area (Å²) in [7, 11) is 0. The number of nitrogens with two attached hydrogens (primary N) is 1. The predicted molar refractivity (Wildman–Crippen MR) is 126 cm³/mol. The Morgan fingerprint density at radius 1 is 1.21 bits per heavy atom. The average molecular weight is 468 g/mol. The largest absolute Gasteiger partial charge is 0.493 e. The highest BCUT2D eigenvalue weighted by atomic mass is 32.2. The summed E-state index contributed by atoms with van der Waals surface area (Å²) in [6.45, 7) is 2.46. The van der Waals surface area contributed by atoms with Crippen LogP contribution in [0.2, 0.25) is 0 Å². The normalized spacial score (nSPS) is 30.2. The van der Waals surface area contributed by atoms with E-state index in [9.17, 15) is 14.7 Å². The molecule has 2 aromatic rings. The minimum atomic E-state index is -1.35. The topological polar surface area (TPSA) is 96.1 Å². The second kappa shape index (κ2) is 8.66. The van der Waals surface area contributed by atoms with Gasteiger partial charge in [-0.15, -0.1) is 11.8 Å². The lowest BCUT2D eigenvalue weighted by Gasteiger charge is -2.38. The molecule has 0 spiro atoms. The molecule has 2 aromatic carbocycles. The molecular weight excluding hydrogens is 438 g/mol. The van der Waals surface area contributed by atoms with Crippen LogP contribution in [0, 0.1) is 0 Å². The van der Waals surface area contributed by atoms with E-state index >= 15 is 0 Å². The van der Waals surface area contributed by atoms with E-state index in [0.29, 0.717) is 25.3 Å². The second-order valence-electron chi connectivity index (χ2n) is 9.11. The Balaban J connectivity index is 1.31. The van der Waals surface area contributed by atoms with Gasteiger partial charge in [0, 0.05) is 17.9 Å². The summed E-state index contributed by atoms with van der Waals surface area (Å²) in [6, 6.07) is 17.4. The molecular formula is C25H29N3O4S. The third kappa shape index (κ3) is 4.00. The Morgan fingerprint density at radius 3 is 2.73 bits per heavy atom. The Bertz CT molecular complexity index is 1050. The minimum Gasteiger partial charge on any atom is -0.493 e. The minimum absolute atomic E-state index is 0.0675. The number of thioether (sulfide) groups is 1. The number of ether oxygens (including phenoxy) is 1. The maximum Gasteiger partial charge on any atom is 0.254 e. The molecule has 0 bridgehead atoms. The van der Waals surface area contributed by atoms with Gasteiger partial charge in [-0.3, -0.25) is 9.59 Å². The predicted octanol–water partition coefficient (Wildman–Crippen LogP) is 2.46. The quantitative estimate of drug-likeness (QED) is 0.717. The van der Waals surface area contributed by atoms with E-state index in [0.717, 1.165) is 16.9 Å². The van der Waals surface area contributed by atoms with Crippen LogP contribution in [-0.2, 0) is 9.59 Å². The van der Waals surface area contributed by atoms with Crippen molar-refractivity contribution < 1.29 is 19.4 Å². The van der Waals surface area contributed by atoms with Crippen LogP contribution >= 0.6 is 11.8 Å². The number of carbonyl (C=O) groups is 2. The van der Waals surface area contributed by atoms with E-state index in [2.05, 4.69) is 0 Å². The van der Waals surface area contributed by atoms with Crippen molar-refractivity contribution in [2.75, 3.05) is 19.0 Å². The number of hydrogen-bond acceptors (Lipinski definition) is 6. The van der Waals surface area contributed by atoms with Crippen LogP contribution in [0.15, 0.2) is 54.6 Å². The van der Waals surface area contributed by atoms with E-state index in [1.807, 2.05) is 66.4 Å². The molecule has 1 unspecified atom stereocenters. The molecule has 5 rings (SSSR count). The first-order valence-electron chi connectivity index (χ1n) is 11.4. The Hall–Kier alpha value is -2.55.